The molecule has 0 saturated heterocycles. The number of aromatic nitrogens is 4. The van der Waals surface area contributed by atoms with Crippen LogP contribution in [0.3, 0.4) is 0 Å². The van der Waals surface area contributed by atoms with Crippen molar-refractivity contribution in [2.24, 2.45) is 0 Å². The van der Waals surface area contributed by atoms with Crippen LogP contribution < -0.4 is 4.90 Å². The van der Waals surface area contributed by atoms with Crippen molar-refractivity contribution < 1.29 is 4.79 Å². The zero-order valence-electron chi connectivity index (χ0n) is 14.9. The van der Waals surface area contributed by atoms with Crippen LogP contribution in [-0.4, -0.2) is 38.5 Å². The van der Waals surface area contributed by atoms with Gasteiger partial charge in [-0.2, -0.15) is 5.10 Å². The molecule has 6 heteroatoms. The Balaban J connectivity index is 1.80. The second-order valence-corrected chi connectivity index (χ2v) is 6.44. The summed E-state index contributed by atoms with van der Waals surface area (Å²) in [5.74, 6) is 0.798. The number of rotatable bonds is 7. The molecule has 0 fully saturated rings. The van der Waals surface area contributed by atoms with Crippen LogP contribution in [-0.2, 0) is 6.42 Å². The maximum absolute atomic E-state index is 12.7. The Bertz CT molecular complexity index is 871. The van der Waals surface area contributed by atoms with Gasteiger partial charge in [0.25, 0.3) is 0 Å². The van der Waals surface area contributed by atoms with Crippen molar-refractivity contribution in [1.29, 1.82) is 0 Å². The van der Waals surface area contributed by atoms with Crippen LogP contribution in [0.5, 0.6) is 0 Å². The molecular formula is C19H23N5O. The fourth-order valence-corrected chi connectivity index (χ4v) is 2.91. The third-order valence-corrected chi connectivity index (χ3v) is 4.19. The third kappa shape index (κ3) is 3.84. The van der Waals surface area contributed by atoms with Gasteiger partial charge in [-0.25, -0.2) is 9.97 Å². The Morgan fingerprint density at radius 3 is 2.84 bits per heavy atom. The molecule has 1 aromatic carbocycles. The van der Waals surface area contributed by atoms with Crippen molar-refractivity contribution in [2.45, 2.75) is 39.7 Å². The monoisotopic (exact) mass is 337 g/mol. The number of Topliss-reactive ketones (excluding diaryl/α,β-unsaturated/α-hetero) is 1. The van der Waals surface area contributed by atoms with Crippen molar-refractivity contribution in [2.75, 3.05) is 11.4 Å². The lowest BCUT2D eigenvalue weighted by molar-refractivity contribution is 0.0988. The lowest BCUT2D eigenvalue weighted by Gasteiger charge is -2.27. The van der Waals surface area contributed by atoms with E-state index in [-0.39, 0.29) is 5.78 Å². The quantitative estimate of drug-likeness (QED) is 0.669. The van der Waals surface area contributed by atoms with Gasteiger partial charge in [0.2, 0.25) is 0 Å². The predicted molar refractivity (Wildman–Crippen MR) is 98.9 cm³/mol. The van der Waals surface area contributed by atoms with Crippen LogP contribution in [0.15, 0.2) is 36.8 Å². The lowest BCUT2D eigenvalue weighted by atomic mass is 10.1. The molecule has 0 spiro atoms. The van der Waals surface area contributed by atoms with Gasteiger partial charge < -0.3 is 4.90 Å². The molecule has 0 unspecified atom stereocenters. The van der Waals surface area contributed by atoms with Gasteiger partial charge in [-0.3, -0.25) is 9.89 Å². The van der Waals surface area contributed by atoms with Crippen LogP contribution in [0.2, 0.25) is 0 Å². The molecule has 0 aliphatic carbocycles. The minimum Gasteiger partial charge on any atom is -0.354 e. The molecule has 1 N–H and O–H groups in total. The van der Waals surface area contributed by atoms with Crippen LogP contribution >= 0.6 is 0 Å². The molecule has 2 aromatic heterocycles. The minimum absolute atomic E-state index is 0.00769. The summed E-state index contributed by atoms with van der Waals surface area (Å²) in [6, 6.07) is 7.99. The van der Waals surface area contributed by atoms with Gasteiger partial charge in [0.15, 0.2) is 5.78 Å². The fraction of sp³-hybridized carbons (Fsp3) is 0.368. The highest BCUT2D eigenvalue weighted by atomic mass is 16.1. The first-order valence-corrected chi connectivity index (χ1v) is 8.62. The maximum Gasteiger partial charge on any atom is 0.185 e. The van der Waals surface area contributed by atoms with Gasteiger partial charge in [-0.15, -0.1) is 0 Å². The average Bonchev–Trinajstić information content (AvgIpc) is 3.07. The van der Waals surface area contributed by atoms with Crippen molar-refractivity contribution in [3.05, 3.63) is 48.0 Å². The van der Waals surface area contributed by atoms with E-state index in [1.165, 1.54) is 6.33 Å². The molecule has 0 saturated carbocycles. The van der Waals surface area contributed by atoms with Gasteiger partial charge in [-0.1, -0.05) is 13.0 Å². The summed E-state index contributed by atoms with van der Waals surface area (Å²) in [5.41, 5.74) is 2.38. The largest absolute Gasteiger partial charge is 0.354 e. The molecule has 3 rings (SSSR count). The predicted octanol–water partition coefficient (Wildman–Crippen LogP) is 3.40. The van der Waals surface area contributed by atoms with Gasteiger partial charge in [0.1, 0.15) is 17.8 Å². The van der Waals surface area contributed by atoms with Crippen LogP contribution in [0.1, 0.15) is 43.2 Å². The highest BCUT2D eigenvalue weighted by Gasteiger charge is 2.15. The van der Waals surface area contributed by atoms with E-state index in [0.29, 0.717) is 18.2 Å². The molecule has 2 heterocycles. The molecule has 130 valence electrons. The fourth-order valence-electron chi connectivity index (χ4n) is 2.91. The van der Waals surface area contributed by atoms with E-state index in [1.807, 2.05) is 18.2 Å². The Morgan fingerprint density at radius 1 is 1.24 bits per heavy atom. The molecule has 0 atom stereocenters. The number of H-pyrrole nitrogens is 1. The second kappa shape index (κ2) is 7.42. The zero-order valence-corrected chi connectivity index (χ0v) is 14.9. The number of aromatic amines is 1. The van der Waals surface area contributed by atoms with Crippen molar-refractivity contribution in [1.82, 2.24) is 20.2 Å². The van der Waals surface area contributed by atoms with E-state index in [4.69, 9.17) is 0 Å². The summed E-state index contributed by atoms with van der Waals surface area (Å²) in [7, 11) is 0. The Hall–Kier alpha value is -2.76. The van der Waals surface area contributed by atoms with E-state index in [1.54, 1.807) is 12.3 Å². The molecule has 0 amide bonds. The average molecular weight is 337 g/mol. The van der Waals surface area contributed by atoms with Gasteiger partial charge in [0, 0.05) is 30.5 Å². The Morgan fingerprint density at radius 2 is 2.08 bits per heavy atom. The number of carbonyl (C=O) groups excluding carboxylic acids is 1. The Labute approximate surface area is 147 Å². The van der Waals surface area contributed by atoms with Crippen LogP contribution in [0, 0.1) is 0 Å². The summed E-state index contributed by atoms with van der Waals surface area (Å²) in [6.45, 7) is 7.28. The number of hydrogen-bond acceptors (Lipinski definition) is 5. The first kappa shape index (κ1) is 17.1. The Kier molecular flexibility index (Phi) is 5.07. The molecule has 25 heavy (non-hydrogen) atoms. The molecular weight excluding hydrogens is 314 g/mol. The topological polar surface area (TPSA) is 74.8 Å². The number of benzene rings is 1. The minimum atomic E-state index is -0.00769. The van der Waals surface area contributed by atoms with E-state index in [0.717, 1.165) is 35.2 Å². The number of hydrogen-bond donors (Lipinski definition) is 1. The molecule has 0 bridgehead atoms. The molecule has 3 aromatic rings. The number of anilines is 1. The lowest BCUT2D eigenvalue weighted by Crippen LogP contribution is -2.32. The SMILES string of the molecule is CCCN(c1cc(C(=O)Cc2ccc3[nH]ncc3c2)ncn1)C(C)C. The molecule has 0 aliphatic heterocycles. The van der Waals surface area contributed by atoms with Crippen molar-refractivity contribution in [3.63, 3.8) is 0 Å². The number of nitrogens with zero attached hydrogens (tertiary/aromatic N) is 4. The van der Waals surface area contributed by atoms with Crippen molar-refractivity contribution in [3.8, 4) is 0 Å². The second-order valence-electron chi connectivity index (χ2n) is 6.44. The number of fused-ring (bicyclic) bond motifs is 1. The molecule has 0 radical (unpaired) electrons. The van der Waals surface area contributed by atoms with Gasteiger partial charge in [0.05, 0.1) is 11.7 Å². The summed E-state index contributed by atoms with van der Waals surface area (Å²) < 4.78 is 0. The smallest absolute Gasteiger partial charge is 0.185 e. The summed E-state index contributed by atoms with van der Waals surface area (Å²) in [4.78, 5) is 23.4. The number of nitrogens with one attached hydrogen (secondary N) is 1. The number of carbonyl (C=O) groups is 1. The van der Waals surface area contributed by atoms with Crippen LogP contribution in [0.25, 0.3) is 10.9 Å². The first-order chi connectivity index (χ1) is 12.1. The maximum atomic E-state index is 12.7. The summed E-state index contributed by atoms with van der Waals surface area (Å²) in [6.07, 6.45) is 4.58. The highest BCUT2D eigenvalue weighted by Crippen LogP contribution is 2.18. The summed E-state index contributed by atoms with van der Waals surface area (Å²) >= 11 is 0. The van der Waals surface area contributed by atoms with Crippen LogP contribution in [0.4, 0.5) is 5.82 Å². The number of ketones is 1. The van der Waals surface area contributed by atoms with Crippen molar-refractivity contribution >= 4 is 22.5 Å². The zero-order chi connectivity index (χ0) is 17.8. The standard InChI is InChI=1S/C19H23N5O/c1-4-7-24(13(2)3)19-10-17(20-12-21-19)18(25)9-14-5-6-16-15(8-14)11-22-23-16/h5-6,8,10-13H,4,7,9H2,1-3H3,(H,22,23). The van der Waals surface area contributed by atoms with E-state index >= 15 is 0 Å². The highest BCUT2D eigenvalue weighted by molar-refractivity contribution is 5.96. The molecule has 0 aliphatic rings. The van der Waals surface area contributed by atoms with E-state index in [2.05, 4.69) is 45.8 Å². The molecule has 6 nitrogen and oxygen atoms in total. The van der Waals surface area contributed by atoms with E-state index < -0.39 is 0 Å². The van der Waals surface area contributed by atoms with Gasteiger partial charge >= 0.3 is 0 Å². The third-order valence-electron chi connectivity index (χ3n) is 4.19. The van der Waals surface area contributed by atoms with Gasteiger partial charge in [-0.05, 0) is 38.0 Å². The first-order valence-electron chi connectivity index (χ1n) is 8.62. The van der Waals surface area contributed by atoms with E-state index in [9.17, 15) is 4.79 Å². The normalized spacial score (nSPS) is 11.2. The summed E-state index contributed by atoms with van der Waals surface area (Å²) in [5, 5.41) is 7.92.